The van der Waals surface area contributed by atoms with Crippen LogP contribution in [0.1, 0.15) is 48.2 Å². The molecule has 10 heteroatoms. The summed E-state index contributed by atoms with van der Waals surface area (Å²) in [4.78, 5) is 19.6. The maximum absolute atomic E-state index is 13.3. The molecule has 0 amide bonds. The van der Waals surface area contributed by atoms with E-state index < -0.39 is 17.8 Å². The molecule has 0 bridgehead atoms. The topological polar surface area (TPSA) is 85.4 Å². The van der Waals surface area contributed by atoms with Gasteiger partial charge in [0.25, 0.3) is 0 Å². The first-order chi connectivity index (χ1) is 14.3. The standard InChI is InChI=1S/C20H23F3N4O3/c1-29-15-10-13(8-9-14(15)18(28)30-2)24-17-11-16(20(21,22)23)26-19(27-17)25-12-6-4-3-5-7-12/h8-12H,3-7H2,1-2H3,(H2,24,25,26,27). The fraction of sp³-hybridized carbons (Fsp3) is 0.450. The highest BCUT2D eigenvalue weighted by molar-refractivity contribution is 5.93. The Balaban J connectivity index is 1.88. The first-order valence-electron chi connectivity index (χ1n) is 9.56. The van der Waals surface area contributed by atoms with Crippen molar-refractivity contribution in [3.05, 3.63) is 35.5 Å². The number of hydrogen-bond donors (Lipinski definition) is 2. The van der Waals surface area contributed by atoms with Crippen LogP contribution in [0.4, 0.5) is 30.6 Å². The van der Waals surface area contributed by atoms with Gasteiger partial charge in [-0.2, -0.15) is 18.2 Å². The van der Waals surface area contributed by atoms with E-state index in [0.717, 1.165) is 38.2 Å². The first kappa shape index (κ1) is 21.7. The molecule has 1 aromatic heterocycles. The largest absolute Gasteiger partial charge is 0.496 e. The zero-order valence-electron chi connectivity index (χ0n) is 16.7. The summed E-state index contributed by atoms with van der Waals surface area (Å²) in [5.41, 5.74) is -0.449. The number of nitrogens with one attached hydrogen (secondary N) is 2. The Morgan fingerprint density at radius 2 is 1.83 bits per heavy atom. The number of anilines is 3. The molecule has 1 saturated carbocycles. The molecule has 1 aliphatic carbocycles. The van der Waals surface area contributed by atoms with E-state index in [1.807, 2.05) is 0 Å². The fourth-order valence-electron chi connectivity index (χ4n) is 3.35. The lowest BCUT2D eigenvalue weighted by Gasteiger charge is -2.23. The van der Waals surface area contributed by atoms with Gasteiger partial charge in [0, 0.05) is 23.9 Å². The van der Waals surface area contributed by atoms with E-state index in [2.05, 4.69) is 25.3 Å². The molecule has 0 unspecified atom stereocenters. The summed E-state index contributed by atoms with van der Waals surface area (Å²) in [7, 11) is 2.62. The van der Waals surface area contributed by atoms with Crippen LogP contribution in [-0.2, 0) is 10.9 Å². The third-order valence-electron chi connectivity index (χ3n) is 4.83. The van der Waals surface area contributed by atoms with Crippen molar-refractivity contribution >= 4 is 23.4 Å². The van der Waals surface area contributed by atoms with Crippen LogP contribution in [0, 0.1) is 0 Å². The Kier molecular flexibility index (Phi) is 6.63. The number of halogens is 3. The van der Waals surface area contributed by atoms with Crippen LogP contribution < -0.4 is 15.4 Å². The number of esters is 1. The summed E-state index contributed by atoms with van der Waals surface area (Å²) in [6.45, 7) is 0. The van der Waals surface area contributed by atoms with E-state index in [-0.39, 0.29) is 29.1 Å². The number of carbonyl (C=O) groups excluding carboxylic acids is 1. The summed E-state index contributed by atoms with van der Waals surface area (Å²) >= 11 is 0. The molecule has 0 radical (unpaired) electrons. The predicted molar refractivity (Wildman–Crippen MR) is 105 cm³/mol. The zero-order valence-corrected chi connectivity index (χ0v) is 16.7. The highest BCUT2D eigenvalue weighted by Gasteiger charge is 2.34. The Morgan fingerprint density at radius 3 is 2.47 bits per heavy atom. The number of rotatable bonds is 6. The third-order valence-corrected chi connectivity index (χ3v) is 4.83. The lowest BCUT2D eigenvalue weighted by Crippen LogP contribution is -2.24. The Morgan fingerprint density at radius 1 is 1.10 bits per heavy atom. The second kappa shape index (κ2) is 9.19. The number of ether oxygens (including phenoxy) is 2. The normalized spacial score (nSPS) is 14.8. The summed E-state index contributed by atoms with van der Waals surface area (Å²) in [6, 6.07) is 5.36. The molecule has 0 atom stereocenters. The second-order valence-corrected chi connectivity index (χ2v) is 6.97. The van der Waals surface area contributed by atoms with E-state index in [1.54, 1.807) is 0 Å². The van der Waals surface area contributed by atoms with Gasteiger partial charge in [-0.25, -0.2) is 9.78 Å². The molecule has 0 spiro atoms. The van der Waals surface area contributed by atoms with E-state index in [0.29, 0.717) is 5.69 Å². The molecule has 7 nitrogen and oxygen atoms in total. The SMILES string of the molecule is COC(=O)c1ccc(Nc2cc(C(F)(F)F)nc(NC3CCCCC3)n2)cc1OC. The average molecular weight is 424 g/mol. The number of hydrogen-bond acceptors (Lipinski definition) is 7. The molecule has 3 rings (SSSR count). The smallest absolute Gasteiger partial charge is 0.433 e. The van der Waals surface area contributed by atoms with Crippen molar-refractivity contribution < 1.29 is 27.4 Å². The second-order valence-electron chi connectivity index (χ2n) is 6.97. The van der Waals surface area contributed by atoms with Gasteiger partial charge in [0.1, 0.15) is 17.1 Å². The summed E-state index contributed by atoms with van der Waals surface area (Å²) in [5.74, 6) is -0.461. The lowest BCUT2D eigenvalue weighted by atomic mass is 9.96. The van der Waals surface area contributed by atoms with E-state index >= 15 is 0 Å². The molecule has 1 aromatic carbocycles. The Bertz CT molecular complexity index is 899. The molecule has 2 aromatic rings. The minimum atomic E-state index is -4.62. The maximum Gasteiger partial charge on any atom is 0.433 e. The minimum Gasteiger partial charge on any atom is -0.496 e. The number of aromatic nitrogens is 2. The minimum absolute atomic E-state index is 0.0245. The molecule has 1 aliphatic rings. The van der Waals surface area contributed by atoms with Gasteiger partial charge in [-0.05, 0) is 25.0 Å². The van der Waals surface area contributed by atoms with Gasteiger partial charge in [-0.3, -0.25) is 0 Å². The van der Waals surface area contributed by atoms with Gasteiger partial charge in [0.2, 0.25) is 5.95 Å². The zero-order chi connectivity index (χ0) is 21.7. The summed E-state index contributed by atoms with van der Waals surface area (Å²) in [5, 5.41) is 5.86. The molecule has 1 fully saturated rings. The average Bonchev–Trinajstić information content (AvgIpc) is 2.73. The number of carbonyl (C=O) groups is 1. The van der Waals surface area contributed by atoms with Crippen molar-refractivity contribution in [1.82, 2.24) is 9.97 Å². The molecule has 162 valence electrons. The monoisotopic (exact) mass is 424 g/mol. The van der Waals surface area contributed by atoms with Crippen LogP contribution in [0.2, 0.25) is 0 Å². The van der Waals surface area contributed by atoms with Gasteiger partial charge in [-0.15, -0.1) is 0 Å². The number of nitrogens with zero attached hydrogens (tertiary/aromatic N) is 2. The molecule has 0 aliphatic heterocycles. The van der Waals surface area contributed by atoms with Crippen LogP contribution >= 0.6 is 0 Å². The third kappa shape index (κ3) is 5.31. The maximum atomic E-state index is 13.3. The van der Waals surface area contributed by atoms with Crippen molar-refractivity contribution in [3.8, 4) is 5.75 Å². The van der Waals surface area contributed by atoms with Crippen LogP contribution in [0.15, 0.2) is 24.3 Å². The Hall–Kier alpha value is -3.04. The van der Waals surface area contributed by atoms with Gasteiger partial charge < -0.3 is 20.1 Å². The predicted octanol–water partition coefficient (Wildman–Crippen LogP) is 4.78. The van der Waals surface area contributed by atoms with Crippen molar-refractivity contribution in [2.45, 2.75) is 44.3 Å². The lowest BCUT2D eigenvalue weighted by molar-refractivity contribution is -0.141. The van der Waals surface area contributed by atoms with Crippen LogP contribution in [0.25, 0.3) is 0 Å². The highest BCUT2D eigenvalue weighted by Crippen LogP contribution is 2.32. The van der Waals surface area contributed by atoms with Crippen molar-refractivity contribution in [1.29, 1.82) is 0 Å². The van der Waals surface area contributed by atoms with E-state index in [9.17, 15) is 18.0 Å². The van der Waals surface area contributed by atoms with Crippen LogP contribution in [-0.4, -0.2) is 36.2 Å². The van der Waals surface area contributed by atoms with Crippen LogP contribution in [0.3, 0.4) is 0 Å². The van der Waals surface area contributed by atoms with Crippen molar-refractivity contribution in [3.63, 3.8) is 0 Å². The van der Waals surface area contributed by atoms with Gasteiger partial charge in [-0.1, -0.05) is 19.3 Å². The summed E-state index contributed by atoms with van der Waals surface area (Å²) in [6.07, 6.45) is 0.290. The highest BCUT2D eigenvalue weighted by atomic mass is 19.4. The molecular formula is C20H23F3N4O3. The van der Waals surface area contributed by atoms with Gasteiger partial charge in [0.05, 0.1) is 14.2 Å². The number of methoxy groups -OCH3 is 2. The van der Waals surface area contributed by atoms with Crippen molar-refractivity contribution in [2.75, 3.05) is 24.9 Å². The summed E-state index contributed by atoms with van der Waals surface area (Å²) < 4.78 is 49.9. The quantitative estimate of drug-likeness (QED) is 0.646. The number of alkyl halides is 3. The molecule has 30 heavy (non-hydrogen) atoms. The van der Waals surface area contributed by atoms with Crippen molar-refractivity contribution in [2.24, 2.45) is 0 Å². The van der Waals surface area contributed by atoms with E-state index in [4.69, 9.17) is 4.74 Å². The Labute approximate surface area is 172 Å². The fourth-order valence-corrected chi connectivity index (χ4v) is 3.35. The number of benzene rings is 1. The molecular weight excluding hydrogens is 401 g/mol. The molecule has 0 saturated heterocycles. The molecule has 2 N–H and O–H groups in total. The molecule has 1 heterocycles. The van der Waals surface area contributed by atoms with Crippen LogP contribution in [0.5, 0.6) is 5.75 Å². The van der Waals surface area contributed by atoms with Gasteiger partial charge in [0.15, 0.2) is 5.69 Å². The first-order valence-corrected chi connectivity index (χ1v) is 9.56. The van der Waals surface area contributed by atoms with Gasteiger partial charge >= 0.3 is 12.1 Å². The van der Waals surface area contributed by atoms with E-state index in [1.165, 1.54) is 32.4 Å².